The van der Waals surface area contributed by atoms with Crippen LogP contribution in [0.5, 0.6) is 0 Å². The fraction of sp³-hybridized carbons (Fsp3) is 0.520. The van der Waals surface area contributed by atoms with E-state index in [-0.39, 0.29) is 5.41 Å². The minimum Gasteiger partial charge on any atom is -0.0654 e. The van der Waals surface area contributed by atoms with Gasteiger partial charge in [0.15, 0.2) is 0 Å². The molecule has 0 fully saturated rings. The third-order valence-electron chi connectivity index (χ3n) is 6.03. The number of rotatable bonds is 10. The number of fused-ring (bicyclic) bond motifs is 3. The van der Waals surface area contributed by atoms with Crippen LogP contribution in [0.25, 0.3) is 11.1 Å². The lowest BCUT2D eigenvalue weighted by Gasteiger charge is -2.32. The van der Waals surface area contributed by atoms with Crippen molar-refractivity contribution in [1.82, 2.24) is 0 Å². The molecule has 0 heteroatoms. The summed E-state index contributed by atoms with van der Waals surface area (Å²) in [5.74, 6) is 0. The molecule has 1 radical (unpaired) electrons. The zero-order valence-corrected chi connectivity index (χ0v) is 16.1. The molecule has 0 aromatic heterocycles. The SMILES string of the molecule is CCCCCCC1(CCCCCC)c2c[c]ccc2-c2ccccc21. The average Bonchev–Trinajstić information content (AvgIpc) is 2.94. The predicted octanol–water partition coefficient (Wildman–Crippen LogP) is 7.69. The minimum absolute atomic E-state index is 0.227. The summed E-state index contributed by atoms with van der Waals surface area (Å²) in [6, 6.07) is 19.2. The Balaban J connectivity index is 1.94. The molecule has 2 aromatic rings. The van der Waals surface area contributed by atoms with E-state index in [1.165, 1.54) is 75.3 Å². The van der Waals surface area contributed by atoms with E-state index < -0.39 is 0 Å². The molecule has 0 aliphatic heterocycles. The van der Waals surface area contributed by atoms with Gasteiger partial charge in [-0.2, -0.15) is 0 Å². The van der Waals surface area contributed by atoms with Crippen molar-refractivity contribution in [3.05, 3.63) is 59.7 Å². The lowest BCUT2D eigenvalue weighted by molar-refractivity contribution is 0.401. The zero-order chi connectivity index (χ0) is 17.5. The second-order valence-corrected chi connectivity index (χ2v) is 7.72. The fourth-order valence-electron chi connectivity index (χ4n) is 4.71. The van der Waals surface area contributed by atoms with E-state index in [0.29, 0.717) is 0 Å². The molecule has 0 spiro atoms. The Kier molecular flexibility index (Phi) is 6.34. The summed E-state index contributed by atoms with van der Waals surface area (Å²) in [5, 5.41) is 0. The van der Waals surface area contributed by atoms with Crippen LogP contribution in [0.1, 0.15) is 89.2 Å². The highest BCUT2D eigenvalue weighted by molar-refractivity contribution is 5.80. The van der Waals surface area contributed by atoms with Crippen LogP contribution < -0.4 is 0 Å². The van der Waals surface area contributed by atoms with E-state index >= 15 is 0 Å². The smallest absolute Gasteiger partial charge is 0.0215 e. The van der Waals surface area contributed by atoms with Gasteiger partial charge in [-0.1, -0.05) is 102 Å². The lowest BCUT2D eigenvalue weighted by atomic mass is 9.70. The molecule has 0 atom stereocenters. The Labute approximate surface area is 154 Å². The average molecular weight is 334 g/mol. The Morgan fingerprint density at radius 2 is 1.36 bits per heavy atom. The molecule has 25 heavy (non-hydrogen) atoms. The molecule has 0 amide bonds. The second-order valence-electron chi connectivity index (χ2n) is 7.72. The van der Waals surface area contributed by atoms with Gasteiger partial charge in [0.2, 0.25) is 0 Å². The topological polar surface area (TPSA) is 0 Å². The van der Waals surface area contributed by atoms with Crippen molar-refractivity contribution < 1.29 is 0 Å². The van der Waals surface area contributed by atoms with Gasteiger partial charge in [0.05, 0.1) is 0 Å². The Morgan fingerprint density at radius 1 is 0.720 bits per heavy atom. The molecule has 0 unspecified atom stereocenters. The highest BCUT2D eigenvalue weighted by Gasteiger charge is 2.41. The van der Waals surface area contributed by atoms with Crippen LogP contribution in [0, 0.1) is 6.07 Å². The van der Waals surface area contributed by atoms with Crippen LogP contribution in [-0.2, 0) is 5.41 Å². The molecule has 1 aliphatic carbocycles. The van der Waals surface area contributed by atoms with Gasteiger partial charge in [0.25, 0.3) is 0 Å². The Hall–Kier alpha value is -1.56. The highest BCUT2D eigenvalue weighted by atomic mass is 14.4. The van der Waals surface area contributed by atoms with E-state index in [1.807, 2.05) is 0 Å². The van der Waals surface area contributed by atoms with Crippen molar-refractivity contribution in [2.24, 2.45) is 0 Å². The molecule has 1 aliphatic rings. The van der Waals surface area contributed by atoms with E-state index in [2.05, 4.69) is 62.4 Å². The first-order valence-electron chi connectivity index (χ1n) is 10.4. The van der Waals surface area contributed by atoms with Gasteiger partial charge in [-0.25, -0.2) is 0 Å². The van der Waals surface area contributed by atoms with Gasteiger partial charge < -0.3 is 0 Å². The first-order valence-corrected chi connectivity index (χ1v) is 10.4. The van der Waals surface area contributed by atoms with Crippen LogP contribution in [-0.4, -0.2) is 0 Å². The summed E-state index contributed by atoms with van der Waals surface area (Å²) in [5.41, 5.74) is 6.28. The zero-order valence-electron chi connectivity index (χ0n) is 16.1. The summed E-state index contributed by atoms with van der Waals surface area (Å²) < 4.78 is 0. The summed E-state index contributed by atoms with van der Waals surface area (Å²) in [6.07, 6.45) is 13.3. The molecule has 0 bridgehead atoms. The van der Waals surface area contributed by atoms with E-state index in [0.717, 1.165) is 0 Å². The molecule has 0 saturated carbocycles. The van der Waals surface area contributed by atoms with Gasteiger partial charge in [-0.15, -0.1) is 0 Å². The largest absolute Gasteiger partial charge is 0.0654 e. The van der Waals surface area contributed by atoms with Gasteiger partial charge >= 0.3 is 0 Å². The van der Waals surface area contributed by atoms with Crippen LogP contribution in [0.3, 0.4) is 0 Å². The van der Waals surface area contributed by atoms with Crippen molar-refractivity contribution in [3.8, 4) is 11.1 Å². The summed E-state index contributed by atoms with van der Waals surface area (Å²) in [6.45, 7) is 4.60. The van der Waals surface area contributed by atoms with Gasteiger partial charge in [-0.3, -0.25) is 0 Å². The minimum atomic E-state index is 0.227. The van der Waals surface area contributed by atoms with Crippen molar-refractivity contribution in [3.63, 3.8) is 0 Å². The predicted molar refractivity (Wildman–Crippen MR) is 109 cm³/mol. The maximum atomic E-state index is 3.39. The number of hydrogen-bond donors (Lipinski definition) is 0. The summed E-state index contributed by atoms with van der Waals surface area (Å²) in [7, 11) is 0. The summed E-state index contributed by atoms with van der Waals surface area (Å²) in [4.78, 5) is 0. The van der Waals surface area contributed by atoms with E-state index in [4.69, 9.17) is 0 Å². The molecule has 0 N–H and O–H groups in total. The van der Waals surface area contributed by atoms with Crippen LogP contribution in [0.15, 0.2) is 42.5 Å². The Bertz CT molecular complexity index is 608. The molecular weight excluding hydrogens is 300 g/mol. The molecule has 3 rings (SSSR count). The number of hydrogen-bond acceptors (Lipinski definition) is 0. The highest BCUT2D eigenvalue weighted by Crippen LogP contribution is 2.53. The molecule has 133 valence electrons. The third kappa shape index (κ3) is 3.68. The number of benzene rings is 2. The quantitative estimate of drug-likeness (QED) is 0.391. The molecule has 0 nitrogen and oxygen atoms in total. The first kappa shape index (κ1) is 18.2. The standard InChI is InChI=1S/C25H33/c1-3-5-7-13-19-25(20-14-8-6-4-2)23-17-11-9-15-21(23)22-16-10-12-18-24(22)25/h9-11,15-18H,3-8,13-14,19-20H2,1-2H3. The van der Waals surface area contributed by atoms with Gasteiger partial charge in [-0.05, 0) is 47.2 Å². The van der Waals surface area contributed by atoms with Crippen molar-refractivity contribution in [1.29, 1.82) is 0 Å². The van der Waals surface area contributed by atoms with E-state index in [1.54, 1.807) is 11.1 Å². The van der Waals surface area contributed by atoms with Gasteiger partial charge in [0.1, 0.15) is 0 Å². The maximum Gasteiger partial charge on any atom is 0.0215 e. The normalized spacial score (nSPS) is 14.3. The van der Waals surface area contributed by atoms with Crippen molar-refractivity contribution in [2.75, 3.05) is 0 Å². The maximum absolute atomic E-state index is 3.39. The van der Waals surface area contributed by atoms with E-state index in [9.17, 15) is 0 Å². The second kappa shape index (κ2) is 8.70. The first-order chi connectivity index (χ1) is 12.3. The molecule has 0 saturated heterocycles. The number of unbranched alkanes of at least 4 members (excludes halogenated alkanes) is 6. The summed E-state index contributed by atoms with van der Waals surface area (Å²) >= 11 is 0. The monoisotopic (exact) mass is 333 g/mol. The van der Waals surface area contributed by atoms with Crippen molar-refractivity contribution in [2.45, 2.75) is 83.5 Å². The molecule has 2 aromatic carbocycles. The molecule has 0 heterocycles. The van der Waals surface area contributed by atoms with Crippen LogP contribution in [0.2, 0.25) is 0 Å². The molecular formula is C25H33. The van der Waals surface area contributed by atoms with Crippen molar-refractivity contribution >= 4 is 0 Å². The Morgan fingerprint density at radius 3 is 2.04 bits per heavy atom. The third-order valence-corrected chi connectivity index (χ3v) is 6.03. The van der Waals surface area contributed by atoms with Crippen LogP contribution in [0.4, 0.5) is 0 Å². The van der Waals surface area contributed by atoms with Gasteiger partial charge in [0, 0.05) is 5.41 Å². The lowest BCUT2D eigenvalue weighted by Crippen LogP contribution is -2.25. The fourth-order valence-corrected chi connectivity index (χ4v) is 4.71. The van der Waals surface area contributed by atoms with Crippen LogP contribution >= 0.6 is 0 Å².